The quantitative estimate of drug-likeness (QED) is 0.848. The number of hydrogen-bond acceptors (Lipinski definition) is 4. The summed E-state index contributed by atoms with van der Waals surface area (Å²) in [7, 11) is 0. The Kier molecular flexibility index (Phi) is 6.24. The van der Waals surface area contributed by atoms with Crippen molar-refractivity contribution in [3.8, 4) is 0 Å². The Balaban J connectivity index is 2.02. The largest absolute Gasteiger partial charge is 0.481 e. The molecule has 1 amide bonds. The summed E-state index contributed by atoms with van der Waals surface area (Å²) in [6.45, 7) is 1.99. The van der Waals surface area contributed by atoms with E-state index in [4.69, 9.17) is 16.7 Å². The predicted molar refractivity (Wildman–Crippen MR) is 87.7 cm³/mol. The molecule has 0 bridgehead atoms. The molecule has 0 aromatic heterocycles. The molecule has 6 nitrogen and oxygen atoms in total. The third kappa shape index (κ3) is 4.59. The molecule has 1 atom stereocenters. The van der Waals surface area contributed by atoms with Gasteiger partial charge in [0.1, 0.15) is 0 Å². The van der Waals surface area contributed by atoms with E-state index >= 15 is 0 Å². The van der Waals surface area contributed by atoms with Crippen molar-refractivity contribution in [2.75, 3.05) is 37.7 Å². The predicted octanol–water partition coefficient (Wildman–Crippen LogP) is 1.46. The number of rotatable bonds is 5. The fourth-order valence-corrected chi connectivity index (χ4v) is 3.04. The Morgan fingerprint density at radius 2 is 1.91 bits per heavy atom. The van der Waals surface area contributed by atoms with Gasteiger partial charge >= 0.3 is 5.97 Å². The molecule has 1 aliphatic rings. The van der Waals surface area contributed by atoms with E-state index in [1.807, 2.05) is 24.3 Å². The van der Waals surface area contributed by atoms with Crippen molar-refractivity contribution in [3.05, 3.63) is 29.3 Å². The molecule has 7 heteroatoms. The van der Waals surface area contributed by atoms with Crippen LogP contribution in [-0.4, -0.2) is 59.8 Å². The molecule has 23 heavy (non-hydrogen) atoms. The van der Waals surface area contributed by atoms with Crippen LogP contribution in [-0.2, 0) is 9.59 Å². The third-order valence-electron chi connectivity index (χ3n) is 3.99. The second-order valence-electron chi connectivity index (χ2n) is 5.59. The first kappa shape index (κ1) is 17.6. The molecule has 1 saturated heterocycles. The van der Waals surface area contributed by atoms with Crippen LogP contribution in [0, 0.1) is 5.92 Å². The number of hydrogen-bond donors (Lipinski definition) is 2. The van der Waals surface area contributed by atoms with Gasteiger partial charge in [-0.15, -0.1) is 0 Å². The Labute approximate surface area is 140 Å². The minimum atomic E-state index is -1.08. The summed E-state index contributed by atoms with van der Waals surface area (Å²) in [4.78, 5) is 26.9. The van der Waals surface area contributed by atoms with E-state index in [0.717, 1.165) is 18.7 Å². The average Bonchev–Trinajstić information content (AvgIpc) is 2.78. The van der Waals surface area contributed by atoms with Crippen molar-refractivity contribution >= 4 is 29.2 Å². The Hall–Kier alpha value is -1.79. The number of carbonyl (C=O) groups is 2. The molecule has 0 radical (unpaired) electrons. The normalized spacial score (nSPS) is 16.8. The molecule has 0 saturated carbocycles. The smallest absolute Gasteiger partial charge is 0.304 e. The van der Waals surface area contributed by atoms with Gasteiger partial charge in [-0.05, 0) is 18.6 Å². The number of carboxylic acid groups (broad SMARTS) is 1. The summed E-state index contributed by atoms with van der Waals surface area (Å²) in [5, 5.41) is 18.8. The number of para-hydroxylation sites is 1. The van der Waals surface area contributed by atoms with E-state index in [1.54, 1.807) is 4.90 Å². The lowest BCUT2D eigenvalue weighted by Gasteiger charge is -2.26. The highest BCUT2D eigenvalue weighted by atomic mass is 35.5. The van der Waals surface area contributed by atoms with Crippen LogP contribution in [0.25, 0.3) is 0 Å². The Morgan fingerprint density at radius 1 is 1.17 bits per heavy atom. The third-order valence-corrected chi connectivity index (χ3v) is 4.31. The molecule has 1 aromatic rings. The van der Waals surface area contributed by atoms with Crippen LogP contribution in [0.1, 0.15) is 12.8 Å². The molecular formula is C16H21ClN2O4. The summed E-state index contributed by atoms with van der Waals surface area (Å²) in [6.07, 6.45) is 0.419. The summed E-state index contributed by atoms with van der Waals surface area (Å²) in [5.74, 6) is -2.25. The second kappa shape index (κ2) is 8.17. The van der Waals surface area contributed by atoms with Gasteiger partial charge < -0.3 is 20.0 Å². The summed E-state index contributed by atoms with van der Waals surface area (Å²) < 4.78 is 0. The average molecular weight is 341 g/mol. The van der Waals surface area contributed by atoms with Gasteiger partial charge in [0, 0.05) is 26.2 Å². The van der Waals surface area contributed by atoms with Crippen molar-refractivity contribution in [2.45, 2.75) is 12.8 Å². The molecule has 0 aliphatic carbocycles. The first-order valence-electron chi connectivity index (χ1n) is 7.64. The molecule has 126 valence electrons. The molecule has 2 N–H and O–H groups in total. The Morgan fingerprint density at radius 3 is 2.57 bits per heavy atom. The van der Waals surface area contributed by atoms with Crippen LogP contribution >= 0.6 is 11.6 Å². The van der Waals surface area contributed by atoms with Gasteiger partial charge in [-0.3, -0.25) is 9.59 Å². The van der Waals surface area contributed by atoms with Gasteiger partial charge in [-0.2, -0.15) is 0 Å². The van der Waals surface area contributed by atoms with E-state index in [1.165, 1.54) is 0 Å². The van der Waals surface area contributed by atoms with Crippen molar-refractivity contribution < 1.29 is 19.8 Å². The fraction of sp³-hybridized carbons (Fsp3) is 0.500. The minimum absolute atomic E-state index is 0.295. The number of benzene rings is 1. The van der Waals surface area contributed by atoms with Crippen molar-refractivity contribution in [1.82, 2.24) is 4.90 Å². The Bertz CT molecular complexity index is 567. The number of carbonyl (C=O) groups excluding carboxylic acids is 1. The lowest BCUT2D eigenvalue weighted by molar-refractivity contribution is -0.145. The first-order chi connectivity index (χ1) is 11.0. The van der Waals surface area contributed by atoms with E-state index in [-0.39, 0.29) is 12.3 Å². The number of nitrogens with zero attached hydrogens (tertiary/aromatic N) is 2. The van der Waals surface area contributed by atoms with Crippen molar-refractivity contribution in [2.24, 2.45) is 5.92 Å². The zero-order valence-corrected chi connectivity index (χ0v) is 13.6. The van der Waals surface area contributed by atoms with Crippen LogP contribution in [0.15, 0.2) is 24.3 Å². The van der Waals surface area contributed by atoms with Crippen molar-refractivity contribution in [1.29, 1.82) is 0 Å². The van der Waals surface area contributed by atoms with E-state index < -0.39 is 18.5 Å². The van der Waals surface area contributed by atoms with Gasteiger partial charge in [-0.25, -0.2) is 0 Å². The first-order valence-corrected chi connectivity index (χ1v) is 8.01. The number of halogens is 1. The van der Waals surface area contributed by atoms with Gasteiger partial charge in [0.05, 0.1) is 29.7 Å². The number of aliphatic hydroxyl groups excluding tert-OH is 1. The van der Waals surface area contributed by atoms with Gasteiger partial charge in [0.25, 0.3) is 0 Å². The number of aliphatic carboxylic acids is 1. The molecular weight excluding hydrogens is 320 g/mol. The number of amides is 1. The molecule has 1 aliphatic heterocycles. The van der Waals surface area contributed by atoms with Crippen molar-refractivity contribution in [3.63, 3.8) is 0 Å². The number of carboxylic acids is 1. The minimum Gasteiger partial charge on any atom is -0.481 e. The topological polar surface area (TPSA) is 81.1 Å². The molecule has 1 aromatic carbocycles. The SMILES string of the molecule is O=C(O)CC(CO)C(=O)N1CCCN(c2ccccc2Cl)CC1. The summed E-state index contributed by atoms with van der Waals surface area (Å²) >= 11 is 6.22. The second-order valence-corrected chi connectivity index (χ2v) is 6.00. The van der Waals surface area contributed by atoms with E-state index in [0.29, 0.717) is 24.7 Å². The summed E-state index contributed by atoms with van der Waals surface area (Å²) in [5.41, 5.74) is 0.938. The van der Waals surface area contributed by atoms with Gasteiger partial charge in [-0.1, -0.05) is 23.7 Å². The van der Waals surface area contributed by atoms with Crippen LogP contribution < -0.4 is 4.90 Å². The molecule has 1 heterocycles. The number of anilines is 1. The lowest BCUT2D eigenvalue weighted by Crippen LogP contribution is -2.40. The molecule has 0 spiro atoms. The summed E-state index contributed by atoms with van der Waals surface area (Å²) in [6, 6.07) is 7.57. The standard InChI is InChI=1S/C16H21ClN2O4/c17-13-4-1-2-5-14(13)18-6-3-7-19(9-8-18)16(23)12(11-20)10-15(21)22/h1-2,4-5,12,20H,3,6-11H2,(H,21,22). The molecule has 2 rings (SSSR count). The molecule has 1 fully saturated rings. The van der Waals surface area contributed by atoms with Crippen LogP contribution in [0.4, 0.5) is 5.69 Å². The van der Waals surface area contributed by atoms with E-state index in [9.17, 15) is 14.7 Å². The van der Waals surface area contributed by atoms with Gasteiger partial charge in [0.15, 0.2) is 0 Å². The van der Waals surface area contributed by atoms with Crippen LogP contribution in [0.3, 0.4) is 0 Å². The van der Waals surface area contributed by atoms with Gasteiger partial charge in [0.2, 0.25) is 5.91 Å². The fourth-order valence-electron chi connectivity index (χ4n) is 2.79. The molecule has 1 unspecified atom stereocenters. The highest BCUT2D eigenvalue weighted by Crippen LogP contribution is 2.26. The van der Waals surface area contributed by atoms with E-state index in [2.05, 4.69) is 4.90 Å². The zero-order valence-electron chi connectivity index (χ0n) is 12.8. The number of aliphatic hydroxyl groups is 1. The maximum atomic E-state index is 12.4. The maximum absolute atomic E-state index is 12.4. The van der Waals surface area contributed by atoms with Crippen LogP contribution in [0.5, 0.6) is 0 Å². The monoisotopic (exact) mass is 340 g/mol. The maximum Gasteiger partial charge on any atom is 0.304 e. The van der Waals surface area contributed by atoms with Crippen LogP contribution in [0.2, 0.25) is 5.02 Å². The lowest BCUT2D eigenvalue weighted by atomic mass is 10.1. The highest BCUT2D eigenvalue weighted by molar-refractivity contribution is 6.33. The highest BCUT2D eigenvalue weighted by Gasteiger charge is 2.27. The zero-order chi connectivity index (χ0) is 16.8.